The number of pyridine rings is 1. The molecule has 1 aromatic carbocycles. The topological polar surface area (TPSA) is 82.6 Å². The van der Waals surface area contributed by atoms with Crippen molar-refractivity contribution in [1.29, 1.82) is 0 Å². The van der Waals surface area contributed by atoms with Gasteiger partial charge < -0.3 is 9.80 Å². The number of nitrogens with zero attached hydrogens (tertiary/aromatic N) is 3. The molecule has 7 nitrogen and oxygen atoms in total. The van der Waals surface area contributed by atoms with Gasteiger partial charge in [0.1, 0.15) is 5.82 Å². The fourth-order valence-electron chi connectivity index (χ4n) is 3.34. The number of amides is 1. The number of aryl methyl sites for hydroxylation is 2. The molecule has 0 saturated carbocycles. The van der Waals surface area contributed by atoms with Crippen LogP contribution in [0.1, 0.15) is 23.1 Å². The summed E-state index contributed by atoms with van der Waals surface area (Å²) in [7, 11) is -3.70. The van der Waals surface area contributed by atoms with E-state index < -0.39 is 21.8 Å². The highest BCUT2D eigenvalue weighted by Crippen LogP contribution is 2.29. The molecule has 1 aliphatic rings. The molecule has 174 valence electrons. The minimum Gasteiger partial charge on any atom is -0.353 e. The Bertz CT molecular complexity index is 1060. The Balaban J connectivity index is 1.48. The Hall–Kier alpha value is -2.66. The Morgan fingerprint density at radius 3 is 2.31 bits per heavy atom. The number of benzene rings is 1. The van der Waals surface area contributed by atoms with E-state index >= 15 is 0 Å². The Morgan fingerprint density at radius 1 is 1.06 bits per heavy atom. The molecule has 0 atom stereocenters. The van der Waals surface area contributed by atoms with Crippen LogP contribution in [0, 0.1) is 13.8 Å². The summed E-state index contributed by atoms with van der Waals surface area (Å²) in [6, 6.07) is 7.17. The SMILES string of the molecule is Cc1ccc(S(=O)(=O)NCCC(=O)N2CCN(c3ccc(C(F)(F)F)cn3)CC2)cc1C. The third-order valence-electron chi connectivity index (χ3n) is 5.45. The molecular formula is C21H25F3N4O3S. The average Bonchev–Trinajstić information content (AvgIpc) is 2.75. The first-order chi connectivity index (χ1) is 15.0. The van der Waals surface area contributed by atoms with E-state index in [2.05, 4.69) is 9.71 Å². The summed E-state index contributed by atoms with van der Waals surface area (Å²) in [5.74, 6) is 0.235. The van der Waals surface area contributed by atoms with Crippen LogP contribution in [0.25, 0.3) is 0 Å². The number of sulfonamides is 1. The normalized spacial score (nSPS) is 15.2. The Morgan fingerprint density at radius 2 is 1.75 bits per heavy atom. The number of carbonyl (C=O) groups excluding carboxylic acids is 1. The molecule has 0 unspecified atom stereocenters. The Kier molecular flexibility index (Phi) is 7.09. The van der Waals surface area contributed by atoms with Gasteiger partial charge in [-0.2, -0.15) is 13.2 Å². The summed E-state index contributed by atoms with van der Waals surface area (Å²) in [6.07, 6.45) is -3.62. The molecule has 1 aromatic heterocycles. The smallest absolute Gasteiger partial charge is 0.353 e. The lowest BCUT2D eigenvalue weighted by atomic mass is 10.1. The first kappa shape index (κ1) is 24.0. The van der Waals surface area contributed by atoms with E-state index in [9.17, 15) is 26.4 Å². The maximum Gasteiger partial charge on any atom is 0.417 e. The standard InChI is InChI=1S/C21H25F3N4O3S/c1-15-3-5-18(13-16(15)2)32(30,31)26-8-7-20(29)28-11-9-27(10-12-28)19-6-4-17(14-25-19)21(22,23)24/h3-6,13-14,26H,7-12H2,1-2H3. The first-order valence-electron chi connectivity index (χ1n) is 10.1. The molecule has 0 radical (unpaired) electrons. The number of alkyl halides is 3. The van der Waals surface area contributed by atoms with Crippen LogP contribution in [-0.4, -0.2) is 56.9 Å². The summed E-state index contributed by atoms with van der Waals surface area (Å²) in [4.78, 5) is 19.9. The summed E-state index contributed by atoms with van der Waals surface area (Å²) in [6.45, 7) is 5.32. The van der Waals surface area contributed by atoms with Gasteiger partial charge >= 0.3 is 6.18 Å². The minimum absolute atomic E-state index is 0.0165. The molecule has 1 amide bonds. The van der Waals surface area contributed by atoms with E-state index in [-0.39, 0.29) is 23.8 Å². The highest BCUT2D eigenvalue weighted by molar-refractivity contribution is 7.89. The zero-order valence-electron chi connectivity index (χ0n) is 17.8. The van der Waals surface area contributed by atoms with Gasteiger partial charge in [-0.3, -0.25) is 4.79 Å². The number of halogens is 3. The van der Waals surface area contributed by atoms with Crippen LogP contribution >= 0.6 is 0 Å². The first-order valence-corrected chi connectivity index (χ1v) is 11.6. The zero-order chi connectivity index (χ0) is 23.5. The van der Waals surface area contributed by atoms with Crippen molar-refractivity contribution >= 4 is 21.7 Å². The van der Waals surface area contributed by atoms with Crippen LogP contribution in [0.4, 0.5) is 19.0 Å². The second-order valence-electron chi connectivity index (χ2n) is 7.66. The lowest BCUT2D eigenvalue weighted by Gasteiger charge is -2.35. The van der Waals surface area contributed by atoms with Crippen molar-refractivity contribution in [2.45, 2.75) is 31.3 Å². The third-order valence-corrected chi connectivity index (χ3v) is 6.91. The van der Waals surface area contributed by atoms with Crippen molar-refractivity contribution in [3.63, 3.8) is 0 Å². The molecular weight excluding hydrogens is 445 g/mol. The minimum atomic E-state index is -4.43. The van der Waals surface area contributed by atoms with Gasteiger partial charge in [0.2, 0.25) is 15.9 Å². The van der Waals surface area contributed by atoms with Gasteiger partial charge in [0.25, 0.3) is 0 Å². The van der Waals surface area contributed by atoms with Crippen LogP contribution in [0.3, 0.4) is 0 Å². The van der Waals surface area contributed by atoms with E-state index in [1.165, 1.54) is 12.1 Å². The van der Waals surface area contributed by atoms with Gasteiger partial charge in [-0.1, -0.05) is 6.07 Å². The van der Waals surface area contributed by atoms with Crippen LogP contribution < -0.4 is 9.62 Å². The summed E-state index contributed by atoms with van der Waals surface area (Å²) >= 11 is 0. The number of hydrogen-bond acceptors (Lipinski definition) is 5. The second-order valence-corrected chi connectivity index (χ2v) is 9.43. The van der Waals surface area contributed by atoms with E-state index in [1.807, 2.05) is 18.7 Å². The monoisotopic (exact) mass is 470 g/mol. The maximum absolute atomic E-state index is 12.7. The molecule has 0 aliphatic carbocycles. The summed E-state index contributed by atoms with van der Waals surface area (Å²) in [5.41, 5.74) is 1.05. The van der Waals surface area contributed by atoms with Crippen molar-refractivity contribution in [3.8, 4) is 0 Å². The van der Waals surface area contributed by atoms with E-state index in [0.717, 1.165) is 23.4 Å². The molecule has 32 heavy (non-hydrogen) atoms. The van der Waals surface area contributed by atoms with E-state index in [1.54, 1.807) is 17.0 Å². The van der Waals surface area contributed by atoms with Gasteiger partial charge in [0, 0.05) is 45.3 Å². The molecule has 1 fully saturated rings. The highest BCUT2D eigenvalue weighted by Gasteiger charge is 2.31. The van der Waals surface area contributed by atoms with Gasteiger partial charge in [-0.25, -0.2) is 18.1 Å². The molecule has 11 heteroatoms. The average molecular weight is 471 g/mol. The number of hydrogen-bond donors (Lipinski definition) is 1. The number of anilines is 1. The van der Waals surface area contributed by atoms with Crippen molar-refractivity contribution in [2.24, 2.45) is 0 Å². The number of piperazine rings is 1. The predicted octanol–water partition coefficient (Wildman–Crippen LogP) is 2.73. The number of aromatic nitrogens is 1. The van der Waals surface area contributed by atoms with Crippen molar-refractivity contribution in [2.75, 3.05) is 37.6 Å². The number of carbonyl (C=O) groups is 1. The lowest BCUT2D eigenvalue weighted by Crippen LogP contribution is -2.49. The third kappa shape index (κ3) is 5.77. The van der Waals surface area contributed by atoms with Crippen LogP contribution in [0.15, 0.2) is 41.4 Å². The number of rotatable bonds is 6. The summed E-state index contributed by atoms with van der Waals surface area (Å²) < 4.78 is 65.3. The fourth-order valence-corrected chi connectivity index (χ4v) is 4.46. The molecule has 0 spiro atoms. The molecule has 2 heterocycles. The second kappa shape index (κ2) is 9.45. The van der Waals surface area contributed by atoms with Gasteiger partial charge in [-0.15, -0.1) is 0 Å². The predicted molar refractivity (Wildman–Crippen MR) is 114 cm³/mol. The molecule has 1 N–H and O–H groups in total. The highest BCUT2D eigenvalue weighted by atomic mass is 32.2. The quantitative estimate of drug-likeness (QED) is 0.702. The van der Waals surface area contributed by atoms with Crippen molar-refractivity contribution < 1.29 is 26.4 Å². The molecule has 1 saturated heterocycles. The number of nitrogens with one attached hydrogen (secondary N) is 1. The van der Waals surface area contributed by atoms with Crippen LogP contribution in [-0.2, 0) is 21.0 Å². The van der Waals surface area contributed by atoms with Gasteiger partial charge in [0.15, 0.2) is 0 Å². The van der Waals surface area contributed by atoms with E-state index in [0.29, 0.717) is 32.0 Å². The molecule has 1 aliphatic heterocycles. The molecule has 0 bridgehead atoms. The molecule has 3 rings (SSSR count). The lowest BCUT2D eigenvalue weighted by molar-refractivity contribution is -0.137. The van der Waals surface area contributed by atoms with Crippen LogP contribution in [0.5, 0.6) is 0 Å². The zero-order valence-corrected chi connectivity index (χ0v) is 18.6. The molecule has 2 aromatic rings. The van der Waals surface area contributed by atoms with Crippen molar-refractivity contribution in [1.82, 2.24) is 14.6 Å². The largest absolute Gasteiger partial charge is 0.417 e. The van der Waals surface area contributed by atoms with Gasteiger partial charge in [-0.05, 0) is 49.2 Å². The Labute approximate surface area is 185 Å². The fraction of sp³-hybridized carbons (Fsp3) is 0.429. The van der Waals surface area contributed by atoms with Crippen LogP contribution in [0.2, 0.25) is 0 Å². The van der Waals surface area contributed by atoms with Crippen molar-refractivity contribution in [3.05, 3.63) is 53.2 Å². The van der Waals surface area contributed by atoms with E-state index in [4.69, 9.17) is 0 Å². The summed E-state index contributed by atoms with van der Waals surface area (Å²) in [5, 5.41) is 0. The van der Waals surface area contributed by atoms with Gasteiger partial charge in [0.05, 0.1) is 10.5 Å². The maximum atomic E-state index is 12.7.